The summed E-state index contributed by atoms with van der Waals surface area (Å²) < 4.78 is 0. The van der Waals surface area contributed by atoms with E-state index < -0.39 is 17.9 Å². The standard InChI is InChI=1S/C11H12O4/c12-10(13)7-6-9(11(14)15)8-4-2-1-3-5-8/h1-5,9H,6-7H2,(H,12,13)(H,14,15)/t9-/m1/s1. The molecule has 1 aromatic rings. The molecule has 0 spiro atoms. The normalized spacial score (nSPS) is 12.0. The van der Waals surface area contributed by atoms with Crippen LogP contribution in [0.1, 0.15) is 24.3 Å². The van der Waals surface area contributed by atoms with Gasteiger partial charge in [-0.2, -0.15) is 0 Å². The Balaban J connectivity index is 2.75. The van der Waals surface area contributed by atoms with Crippen LogP contribution in [0.4, 0.5) is 0 Å². The van der Waals surface area contributed by atoms with Crippen molar-refractivity contribution in [1.82, 2.24) is 0 Å². The third kappa shape index (κ3) is 3.42. The molecule has 0 bridgehead atoms. The summed E-state index contributed by atoms with van der Waals surface area (Å²) in [5.41, 5.74) is 0.645. The Kier molecular flexibility index (Phi) is 3.85. The van der Waals surface area contributed by atoms with Crippen molar-refractivity contribution >= 4 is 11.9 Å². The number of benzene rings is 1. The van der Waals surface area contributed by atoms with Gasteiger partial charge in [-0.05, 0) is 12.0 Å². The van der Waals surface area contributed by atoms with Gasteiger partial charge in [0.05, 0.1) is 5.92 Å². The molecule has 0 aliphatic heterocycles. The third-order valence-corrected chi connectivity index (χ3v) is 2.15. The molecule has 4 heteroatoms. The second-order valence-electron chi connectivity index (χ2n) is 3.23. The fourth-order valence-electron chi connectivity index (χ4n) is 1.39. The van der Waals surface area contributed by atoms with Crippen LogP contribution in [-0.4, -0.2) is 22.2 Å². The molecule has 0 unspecified atom stereocenters. The molecule has 0 aromatic heterocycles. The molecule has 0 saturated heterocycles. The lowest BCUT2D eigenvalue weighted by molar-refractivity contribution is -0.140. The number of hydrogen-bond donors (Lipinski definition) is 2. The Morgan fingerprint density at radius 3 is 2.20 bits per heavy atom. The molecule has 1 aromatic carbocycles. The highest BCUT2D eigenvalue weighted by molar-refractivity contribution is 5.77. The van der Waals surface area contributed by atoms with E-state index in [0.29, 0.717) is 5.56 Å². The van der Waals surface area contributed by atoms with E-state index in [4.69, 9.17) is 10.2 Å². The van der Waals surface area contributed by atoms with Crippen molar-refractivity contribution in [2.75, 3.05) is 0 Å². The highest BCUT2D eigenvalue weighted by Gasteiger charge is 2.20. The van der Waals surface area contributed by atoms with Crippen molar-refractivity contribution in [2.45, 2.75) is 18.8 Å². The van der Waals surface area contributed by atoms with Gasteiger partial charge in [-0.1, -0.05) is 30.3 Å². The van der Waals surface area contributed by atoms with Crippen molar-refractivity contribution in [3.8, 4) is 0 Å². The fraction of sp³-hybridized carbons (Fsp3) is 0.273. The maximum atomic E-state index is 10.9. The van der Waals surface area contributed by atoms with Crippen LogP contribution in [0.25, 0.3) is 0 Å². The van der Waals surface area contributed by atoms with E-state index in [1.807, 2.05) is 0 Å². The first-order valence-corrected chi connectivity index (χ1v) is 4.61. The molecule has 0 heterocycles. The van der Waals surface area contributed by atoms with Crippen LogP contribution >= 0.6 is 0 Å². The first kappa shape index (κ1) is 11.2. The molecule has 15 heavy (non-hydrogen) atoms. The van der Waals surface area contributed by atoms with Gasteiger partial charge < -0.3 is 10.2 Å². The van der Waals surface area contributed by atoms with Crippen molar-refractivity contribution < 1.29 is 19.8 Å². The van der Waals surface area contributed by atoms with E-state index in [1.54, 1.807) is 30.3 Å². The summed E-state index contributed by atoms with van der Waals surface area (Å²) in [5, 5.41) is 17.4. The van der Waals surface area contributed by atoms with E-state index >= 15 is 0 Å². The monoisotopic (exact) mass is 208 g/mol. The first-order valence-electron chi connectivity index (χ1n) is 4.61. The minimum absolute atomic E-state index is 0.120. The van der Waals surface area contributed by atoms with Crippen LogP contribution < -0.4 is 0 Å². The minimum atomic E-state index is -0.984. The summed E-state index contributed by atoms with van der Waals surface area (Å²) >= 11 is 0. The molecule has 1 rings (SSSR count). The first-order chi connectivity index (χ1) is 7.11. The van der Waals surface area contributed by atoms with Crippen molar-refractivity contribution in [3.63, 3.8) is 0 Å². The molecular formula is C11H12O4. The highest BCUT2D eigenvalue weighted by Crippen LogP contribution is 2.21. The van der Waals surface area contributed by atoms with Gasteiger partial charge in [0.2, 0.25) is 0 Å². The van der Waals surface area contributed by atoms with Crippen molar-refractivity contribution in [3.05, 3.63) is 35.9 Å². The van der Waals surface area contributed by atoms with Gasteiger partial charge >= 0.3 is 11.9 Å². The van der Waals surface area contributed by atoms with E-state index in [9.17, 15) is 9.59 Å². The number of carboxylic acid groups (broad SMARTS) is 2. The summed E-state index contributed by atoms with van der Waals surface area (Å²) in [6.45, 7) is 0. The highest BCUT2D eigenvalue weighted by atomic mass is 16.4. The largest absolute Gasteiger partial charge is 0.481 e. The van der Waals surface area contributed by atoms with Gasteiger partial charge in [-0.15, -0.1) is 0 Å². The number of aliphatic carboxylic acids is 2. The smallest absolute Gasteiger partial charge is 0.310 e. The molecule has 0 radical (unpaired) electrons. The second kappa shape index (κ2) is 5.14. The summed E-state index contributed by atoms with van der Waals surface area (Å²) in [6.07, 6.45) is -0.0134. The van der Waals surface area contributed by atoms with Crippen LogP contribution in [0.15, 0.2) is 30.3 Å². The topological polar surface area (TPSA) is 74.6 Å². The van der Waals surface area contributed by atoms with E-state index in [1.165, 1.54) is 0 Å². The second-order valence-corrected chi connectivity index (χ2v) is 3.23. The number of carboxylic acids is 2. The zero-order valence-corrected chi connectivity index (χ0v) is 8.09. The molecule has 80 valence electrons. The van der Waals surface area contributed by atoms with Crippen LogP contribution in [0, 0.1) is 0 Å². The van der Waals surface area contributed by atoms with E-state index in [2.05, 4.69) is 0 Å². The predicted octanol–water partition coefficient (Wildman–Crippen LogP) is 1.72. The zero-order chi connectivity index (χ0) is 11.3. The SMILES string of the molecule is O=C(O)CC[C@@H](C(=O)O)c1ccccc1. The summed E-state index contributed by atoms with van der Waals surface area (Å²) in [6, 6.07) is 8.67. The molecule has 0 saturated carbocycles. The van der Waals surface area contributed by atoms with Crippen LogP contribution in [0.3, 0.4) is 0 Å². The number of hydrogen-bond acceptors (Lipinski definition) is 2. The average Bonchev–Trinajstić information content (AvgIpc) is 2.18. The Morgan fingerprint density at radius 1 is 1.13 bits per heavy atom. The summed E-state index contributed by atoms with van der Waals surface area (Å²) in [4.78, 5) is 21.3. The average molecular weight is 208 g/mol. The minimum Gasteiger partial charge on any atom is -0.481 e. The molecule has 0 aliphatic carbocycles. The molecule has 0 aliphatic rings. The molecule has 1 atom stereocenters. The summed E-state index contributed by atoms with van der Waals surface area (Å²) in [5.74, 6) is -2.69. The molecule has 0 fully saturated rings. The van der Waals surface area contributed by atoms with E-state index in [-0.39, 0.29) is 12.8 Å². The van der Waals surface area contributed by atoms with Gasteiger partial charge in [0.15, 0.2) is 0 Å². The summed E-state index contributed by atoms with van der Waals surface area (Å²) in [7, 11) is 0. The van der Waals surface area contributed by atoms with Crippen LogP contribution in [0.5, 0.6) is 0 Å². The number of carbonyl (C=O) groups is 2. The Labute approximate surface area is 87.2 Å². The lowest BCUT2D eigenvalue weighted by Crippen LogP contribution is -2.13. The predicted molar refractivity (Wildman–Crippen MR) is 53.7 cm³/mol. The van der Waals surface area contributed by atoms with Gasteiger partial charge in [-0.3, -0.25) is 9.59 Å². The zero-order valence-electron chi connectivity index (χ0n) is 8.09. The van der Waals surface area contributed by atoms with Crippen molar-refractivity contribution in [2.24, 2.45) is 0 Å². The van der Waals surface area contributed by atoms with Crippen LogP contribution in [-0.2, 0) is 9.59 Å². The maximum Gasteiger partial charge on any atom is 0.310 e. The maximum absolute atomic E-state index is 10.9. The molecule has 4 nitrogen and oxygen atoms in total. The van der Waals surface area contributed by atoms with Gasteiger partial charge in [0.25, 0.3) is 0 Å². The van der Waals surface area contributed by atoms with Crippen LogP contribution in [0.2, 0.25) is 0 Å². The lowest BCUT2D eigenvalue weighted by Gasteiger charge is -2.10. The Morgan fingerprint density at radius 2 is 1.73 bits per heavy atom. The van der Waals surface area contributed by atoms with Gasteiger partial charge in [0.1, 0.15) is 0 Å². The Hall–Kier alpha value is -1.84. The third-order valence-electron chi connectivity index (χ3n) is 2.15. The Bertz CT molecular complexity index is 345. The fourth-order valence-corrected chi connectivity index (χ4v) is 1.39. The van der Waals surface area contributed by atoms with Gasteiger partial charge in [0, 0.05) is 6.42 Å². The molecule has 2 N–H and O–H groups in total. The number of rotatable bonds is 5. The van der Waals surface area contributed by atoms with Crippen molar-refractivity contribution in [1.29, 1.82) is 0 Å². The molecule has 0 amide bonds. The quantitative estimate of drug-likeness (QED) is 0.772. The van der Waals surface area contributed by atoms with Gasteiger partial charge in [-0.25, -0.2) is 0 Å². The lowest BCUT2D eigenvalue weighted by atomic mass is 9.94. The molecular weight excluding hydrogens is 196 g/mol. The van der Waals surface area contributed by atoms with E-state index in [0.717, 1.165) is 0 Å².